The molecule has 0 radical (unpaired) electrons. The highest BCUT2D eigenvalue weighted by molar-refractivity contribution is 5.72. The molecule has 0 bridgehead atoms. The van der Waals surface area contributed by atoms with Crippen molar-refractivity contribution in [2.75, 3.05) is 6.61 Å². The number of esters is 1. The van der Waals surface area contributed by atoms with Gasteiger partial charge in [-0.15, -0.1) is 0 Å². The van der Waals surface area contributed by atoms with Gasteiger partial charge in [0.1, 0.15) is 5.75 Å². The van der Waals surface area contributed by atoms with Gasteiger partial charge in [-0.25, -0.2) is 0 Å². The molecule has 0 spiro atoms. The molecule has 0 saturated carbocycles. The second-order valence-electron chi connectivity index (χ2n) is 2.92. The molecule has 1 rings (SSSR count). The number of ether oxygens (including phenoxy) is 1. The Morgan fingerprint density at radius 2 is 2.36 bits per heavy atom. The monoisotopic (exact) mass is 195 g/mol. The Kier molecular flexibility index (Phi) is 3.45. The average Bonchev–Trinajstić information content (AvgIpc) is 2.12. The third-order valence-corrected chi connectivity index (χ3v) is 1.82. The number of hydrogen-bond donors (Lipinski definition) is 1. The number of aryl methyl sites for hydroxylation is 1. The van der Waals surface area contributed by atoms with E-state index in [1.165, 1.54) is 12.3 Å². The van der Waals surface area contributed by atoms with Crippen LogP contribution in [0.25, 0.3) is 0 Å². The van der Waals surface area contributed by atoms with Crippen LogP contribution >= 0.6 is 0 Å². The second kappa shape index (κ2) is 4.60. The molecular weight excluding hydrogens is 182 g/mol. The zero-order valence-electron chi connectivity index (χ0n) is 8.28. The molecule has 0 fully saturated rings. The lowest BCUT2D eigenvalue weighted by Gasteiger charge is -2.04. The molecule has 4 heteroatoms. The van der Waals surface area contributed by atoms with Crippen LogP contribution in [0.1, 0.15) is 18.2 Å². The Labute approximate surface area is 82.5 Å². The molecule has 0 aliphatic carbocycles. The highest BCUT2D eigenvalue weighted by Gasteiger charge is 2.07. The van der Waals surface area contributed by atoms with Crippen LogP contribution in [-0.4, -0.2) is 22.7 Å². The number of pyridine rings is 1. The maximum absolute atomic E-state index is 11.1. The zero-order valence-corrected chi connectivity index (χ0v) is 8.28. The predicted molar refractivity (Wildman–Crippen MR) is 51.0 cm³/mol. The first-order valence-corrected chi connectivity index (χ1v) is 4.43. The van der Waals surface area contributed by atoms with Crippen LogP contribution in [0.4, 0.5) is 0 Å². The van der Waals surface area contributed by atoms with Crippen LogP contribution in [0.15, 0.2) is 12.3 Å². The van der Waals surface area contributed by atoms with Crippen molar-refractivity contribution in [3.8, 4) is 5.75 Å². The lowest BCUT2D eigenvalue weighted by molar-refractivity contribution is -0.142. The number of rotatable bonds is 3. The molecule has 0 saturated heterocycles. The molecular formula is C10H13NO3. The third-order valence-electron chi connectivity index (χ3n) is 1.82. The van der Waals surface area contributed by atoms with Crippen LogP contribution in [-0.2, 0) is 16.0 Å². The van der Waals surface area contributed by atoms with Gasteiger partial charge in [-0.1, -0.05) is 0 Å². The van der Waals surface area contributed by atoms with Crippen LogP contribution in [0, 0.1) is 6.92 Å². The standard InChI is InChI=1S/C10H13NO3/c1-3-14-10(13)5-8-4-9(12)6-11-7(8)2/h4,6,12H,3,5H2,1-2H3. The summed E-state index contributed by atoms with van der Waals surface area (Å²) in [6.07, 6.45) is 1.51. The summed E-state index contributed by atoms with van der Waals surface area (Å²) in [6, 6.07) is 1.53. The first-order chi connectivity index (χ1) is 6.63. The second-order valence-corrected chi connectivity index (χ2v) is 2.92. The molecule has 4 nitrogen and oxygen atoms in total. The van der Waals surface area contributed by atoms with Crippen LogP contribution < -0.4 is 0 Å². The quantitative estimate of drug-likeness (QED) is 0.736. The van der Waals surface area contributed by atoms with Crippen LogP contribution in [0.3, 0.4) is 0 Å². The van der Waals surface area contributed by atoms with E-state index >= 15 is 0 Å². The summed E-state index contributed by atoms with van der Waals surface area (Å²) >= 11 is 0. The molecule has 1 heterocycles. The van der Waals surface area contributed by atoms with Gasteiger partial charge in [-0.05, 0) is 25.5 Å². The predicted octanol–water partition coefficient (Wildman–Crippen LogP) is 1.20. The normalized spacial score (nSPS) is 9.86. The molecule has 0 aliphatic heterocycles. The maximum Gasteiger partial charge on any atom is 0.310 e. The molecule has 0 aromatic carbocycles. The van der Waals surface area contributed by atoms with E-state index in [-0.39, 0.29) is 18.1 Å². The summed E-state index contributed by atoms with van der Waals surface area (Å²) in [7, 11) is 0. The Morgan fingerprint density at radius 3 is 3.00 bits per heavy atom. The molecule has 0 unspecified atom stereocenters. The van der Waals surface area contributed by atoms with Crippen molar-refractivity contribution in [2.45, 2.75) is 20.3 Å². The van der Waals surface area contributed by atoms with E-state index in [0.29, 0.717) is 12.2 Å². The van der Waals surface area contributed by atoms with Crippen molar-refractivity contribution in [2.24, 2.45) is 0 Å². The molecule has 1 aromatic heterocycles. The number of hydrogen-bond acceptors (Lipinski definition) is 4. The minimum absolute atomic E-state index is 0.0647. The molecule has 14 heavy (non-hydrogen) atoms. The largest absolute Gasteiger partial charge is 0.506 e. The number of carbonyl (C=O) groups is 1. The minimum atomic E-state index is -0.303. The van der Waals surface area contributed by atoms with Gasteiger partial charge in [-0.3, -0.25) is 9.78 Å². The average molecular weight is 195 g/mol. The molecule has 1 N–H and O–H groups in total. The highest BCUT2D eigenvalue weighted by atomic mass is 16.5. The van der Waals surface area contributed by atoms with E-state index in [0.717, 1.165) is 5.69 Å². The van der Waals surface area contributed by atoms with Gasteiger partial charge >= 0.3 is 5.97 Å². The lowest BCUT2D eigenvalue weighted by atomic mass is 10.1. The van der Waals surface area contributed by atoms with E-state index in [4.69, 9.17) is 9.84 Å². The summed E-state index contributed by atoms with van der Waals surface area (Å²) in [5.41, 5.74) is 1.43. The summed E-state index contributed by atoms with van der Waals surface area (Å²) in [5.74, 6) is -0.238. The van der Waals surface area contributed by atoms with Crippen molar-refractivity contribution >= 4 is 5.97 Å². The first kappa shape index (κ1) is 10.5. The number of nitrogens with zero attached hydrogens (tertiary/aromatic N) is 1. The van der Waals surface area contributed by atoms with Gasteiger partial charge < -0.3 is 9.84 Å². The minimum Gasteiger partial charge on any atom is -0.506 e. The van der Waals surface area contributed by atoms with E-state index in [1.807, 2.05) is 0 Å². The Bertz CT molecular complexity index is 336. The van der Waals surface area contributed by atoms with Crippen LogP contribution in [0.5, 0.6) is 5.75 Å². The molecule has 76 valence electrons. The van der Waals surface area contributed by atoms with Gasteiger partial charge in [0.2, 0.25) is 0 Å². The number of aromatic hydroxyl groups is 1. The van der Waals surface area contributed by atoms with E-state index in [1.54, 1.807) is 13.8 Å². The Morgan fingerprint density at radius 1 is 1.64 bits per heavy atom. The highest BCUT2D eigenvalue weighted by Crippen LogP contribution is 2.13. The maximum atomic E-state index is 11.1. The van der Waals surface area contributed by atoms with Crippen LogP contribution in [0.2, 0.25) is 0 Å². The van der Waals surface area contributed by atoms with Crippen molar-refractivity contribution < 1.29 is 14.6 Å². The van der Waals surface area contributed by atoms with Crippen molar-refractivity contribution in [1.29, 1.82) is 0 Å². The van der Waals surface area contributed by atoms with Gasteiger partial charge in [0.05, 0.1) is 19.2 Å². The van der Waals surface area contributed by atoms with Gasteiger partial charge in [0, 0.05) is 5.69 Å². The van der Waals surface area contributed by atoms with E-state index in [2.05, 4.69) is 4.98 Å². The van der Waals surface area contributed by atoms with E-state index < -0.39 is 0 Å². The topological polar surface area (TPSA) is 59.4 Å². The van der Waals surface area contributed by atoms with Crippen molar-refractivity contribution in [3.05, 3.63) is 23.5 Å². The Balaban J connectivity index is 2.75. The zero-order chi connectivity index (χ0) is 10.6. The van der Waals surface area contributed by atoms with Gasteiger partial charge in [0.15, 0.2) is 0 Å². The molecule has 0 atom stereocenters. The van der Waals surface area contributed by atoms with Gasteiger partial charge in [-0.2, -0.15) is 0 Å². The number of carbonyl (C=O) groups excluding carboxylic acids is 1. The molecule has 0 amide bonds. The van der Waals surface area contributed by atoms with Crippen molar-refractivity contribution in [3.63, 3.8) is 0 Å². The lowest BCUT2D eigenvalue weighted by Crippen LogP contribution is -2.08. The number of aromatic nitrogens is 1. The Hall–Kier alpha value is -1.58. The summed E-state index contributed by atoms with van der Waals surface area (Å²) < 4.78 is 4.79. The fraction of sp³-hybridized carbons (Fsp3) is 0.400. The SMILES string of the molecule is CCOC(=O)Cc1cc(O)cnc1C. The summed E-state index contributed by atoms with van der Waals surface area (Å²) in [4.78, 5) is 15.1. The summed E-state index contributed by atoms with van der Waals surface area (Å²) in [5, 5.41) is 9.17. The fourth-order valence-corrected chi connectivity index (χ4v) is 1.11. The summed E-state index contributed by atoms with van der Waals surface area (Å²) in [6.45, 7) is 3.91. The fourth-order valence-electron chi connectivity index (χ4n) is 1.11. The molecule has 0 aliphatic rings. The first-order valence-electron chi connectivity index (χ1n) is 4.43. The smallest absolute Gasteiger partial charge is 0.310 e. The van der Waals surface area contributed by atoms with Gasteiger partial charge in [0.25, 0.3) is 0 Å². The van der Waals surface area contributed by atoms with E-state index in [9.17, 15) is 4.79 Å². The van der Waals surface area contributed by atoms with Crippen molar-refractivity contribution in [1.82, 2.24) is 4.98 Å². The molecule has 1 aromatic rings. The third kappa shape index (κ3) is 2.73.